The minimum absolute atomic E-state index is 0.00691. The highest BCUT2D eigenvalue weighted by atomic mass is 19.4. The van der Waals surface area contributed by atoms with E-state index in [0.29, 0.717) is 18.2 Å². The van der Waals surface area contributed by atoms with Crippen molar-refractivity contribution < 1.29 is 52.7 Å². The van der Waals surface area contributed by atoms with E-state index in [1.54, 1.807) is 0 Å². The fourth-order valence-corrected chi connectivity index (χ4v) is 6.41. The van der Waals surface area contributed by atoms with E-state index in [9.17, 15) is 57.9 Å². The second-order valence-corrected chi connectivity index (χ2v) is 11.3. The number of nitrogens with zero attached hydrogens (tertiary/aromatic N) is 3. The van der Waals surface area contributed by atoms with Gasteiger partial charge in [0, 0.05) is 21.5 Å². The molecule has 50 heavy (non-hydrogen) atoms. The Morgan fingerprint density at radius 1 is 0.440 bits per heavy atom. The second kappa shape index (κ2) is 10.7. The number of hydrogen-bond donors (Lipinski definition) is 0. The number of hydrogen-bond acceptors (Lipinski definition) is 1. The number of halogens is 12. The summed E-state index contributed by atoms with van der Waals surface area (Å²) < 4.78 is 171. The summed E-state index contributed by atoms with van der Waals surface area (Å²) in [4.78, 5) is 0. The summed E-state index contributed by atoms with van der Waals surface area (Å²) in [6, 6.07) is 17.2. The van der Waals surface area contributed by atoms with Gasteiger partial charge < -0.3 is 9.13 Å². The van der Waals surface area contributed by atoms with Crippen LogP contribution in [-0.2, 0) is 24.7 Å². The van der Waals surface area contributed by atoms with Gasteiger partial charge in [0.2, 0.25) is 0 Å². The van der Waals surface area contributed by atoms with Crippen LogP contribution in [0.1, 0.15) is 27.8 Å². The number of para-hydroxylation sites is 2. The molecule has 0 aliphatic heterocycles. The highest BCUT2D eigenvalue weighted by Crippen LogP contribution is 2.46. The maximum Gasteiger partial charge on any atom is 0.418 e. The minimum atomic E-state index is -5.38. The van der Waals surface area contributed by atoms with Gasteiger partial charge in [0.25, 0.3) is 0 Å². The molecule has 2 aromatic heterocycles. The Morgan fingerprint density at radius 3 is 1.42 bits per heavy atom. The molecule has 0 radical (unpaired) electrons. The lowest BCUT2D eigenvalue weighted by Crippen LogP contribution is -2.16. The van der Waals surface area contributed by atoms with Crippen LogP contribution in [0.25, 0.3) is 55.0 Å². The molecular weight excluding hydrogens is 690 g/mol. The van der Waals surface area contributed by atoms with Crippen molar-refractivity contribution in [2.24, 2.45) is 0 Å². The third-order valence-electron chi connectivity index (χ3n) is 8.42. The predicted octanol–water partition coefficient (Wildman–Crippen LogP) is 11.8. The summed E-state index contributed by atoms with van der Waals surface area (Å²) in [7, 11) is 0. The van der Waals surface area contributed by atoms with Crippen molar-refractivity contribution in [3.63, 3.8) is 0 Å². The Morgan fingerprint density at radius 2 is 0.920 bits per heavy atom. The molecule has 0 bridgehead atoms. The van der Waals surface area contributed by atoms with Gasteiger partial charge in [0.05, 0.1) is 61.3 Å². The van der Waals surface area contributed by atoms with E-state index in [4.69, 9.17) is 0 Å². The summed E-state index contributed by atoms with van der Waals surface area (Å²) >= 11 is 0. The van der Waals surface area contributed by atoms with Gasteiger partial charge in [-0.1, -0.05) is 36.4 Å². The van der Waals surface area contributed by atoms with Crippen LogP contribution in [0.5, 0.6) is 0 Å². The van der Waals surface area contributed by atoms with E-state index in [-0.39, 0.29) is 55.7 Å². The molecule has 0 aliphatic carbocycles. The Kier molecular flexibility index (Phi) is 7.02. The maximum atomic E-state index is 14.6. The fourth-order valence-electron chi connectivity index (χ4n) is 6.41. The third-order valence-corrected chi connectivity index (χ3v) is 8.42. The van der Waals surface area contributed by atoms with Crippen LogP contribution in [0, 0.1) is 11.3 Å². The van der Waals surface area contributed by atoms with Crippen molar-refractivity contribution in [1.82, 2.24) is 9.13 Å². The number of rotatable bonds is 2. The topological polar surface area (TPSA) is 33.6 Å². The van der Waals surface area contributed by atoms with Crippen molar-refractivity contribution in [1.29, 1.82) is 5.26 Å². The largest absolute Gasteiger partial charge is 0.418 e. The van der Waals surface area contributed by atoms with E-state index in [0.717, 1.165) is 9.13 Å². The molecule has 0 aliphatic rings. The van der Waals surface area contributed by atoms with Gasteiger partial charge in [-0.05, 0) is 54.6 Å². The second-order valence-electron chi connectivity index (χ2n) is 11.3. The number of aromatic nitrogens is 2. The van der Waals surface area contributed by atoms with Crippen molar-refractivity contribution in [2.45, 2.75) is 24.7 Å². The molecule has 3 nitrogen and oxygen atoms in total. The fraction of sp³-hybridized carbons (Fsp3) is 0.114. The first-order valence-corrected chi connectivity index (χ1v) is 14.3. The van der Waals surface area contributed by atoms with Crippen LogP contribution in [0.2, 0.25) is 0 Å². The highest BCUT2D eigenvalue weighted by molar-refractivity contribution is 6.19. The molecule has 5 aromatic carbocycles. The van der Waals surface area contributed by atoms with Gasteiger partial charge >= 0.3 is 24.7 Å². The highest BCUT2D eigenvalue weighted by Gasteiger charge is 2.42. The summed E-state index contributed by atoms with van der Waals surface area (Å²) in [6.45, 7) is 0. The SMILES string of the molecule is N#Cc1cc(C(F)(F)F)cc(C(F)(F)F)c1-n1c2ccccc2c2cc3c(cc21)c1ccccc1n3-c1ccc(C(F)(F)F)cc1C(F)(F)F. The molecule has 0 saturated heterocycles. The van der Waals surface area contributed by atoms with Gasteiger partial charge in [-0.25, -0.2) is 0 Å². The Hall–Kier alpha value is -5.65. The predicted molar refractivity (Wildman–Crippen MR) is 160 cm³/mol. The zero-order valence-electron chi connectivity index (χ0n) is 24.5. The molecular formula is C35H15F12N3. The average molecular weight is 706 g/mol. The van der Waals surface area contributed by atoms with Crippen LogP contribution in [-0.4, -0.2) is 9.13 Å². The Balaban J connectivity index is 1.66. The first-order valence-electron chi connectivity index (χ1n) is 14.3. The molecule has 0 amide bonds. The zero-order valence-corrected chi connectivity index (χ0v) is 24.5. The lowest BCUT2D eigenvalue weighted by atomic mass is 10.0. The number of nitriles is 1. The number of fused-ring (bicyclic) bond motifs is 6. The molecule has 0 N–H and O–H groups in total. The summed E-state index contributed by atoms with van der Waals surface area (Å²) in [5.41, 5.74) is -8.96. The normalized spacial score (nSPS) is 13.2. The molecule has 254 valence electrons. The standard InChI is InChI=1S/C35H15F12N3/c36-32(37,38)18-9-10-28(24(12-18)34(42,43)44)49-26-7-3-1-5-20(26)22-15-30-23(14-29(22)49)21-6-2-4-8-27(21)50(30)31-17(16-48)11-19(33(39,40)41)13-25(31)35(45,46)47/h1-15H. The third kappa shape index (κ3) is 5.08. The van der Waals surface area contributed by atoms with Gasteiger partial charge in [-0.2, -0.15) is 57.9 Å². The van der Waals surface area contributed by atoms with E-state index in [2.05, 4.69) is 0 Å². The molecule has 0 saturated carbocycles. The van der Waals surface area contributed by atoms with Crippen molar-refractivity contribution in [2.75, 3.05) is 0 Å². The van der Waals surface area contributed by atoms with Gasteiger partial charge in [0.15, 0.2) is 0 Å². The lowest BCUT2D eigenvalue weighted by molar-refractivity contribution is -0.144. The van der Waals surface area contributed by atoms with Crippen LogP contribution < -0.4 is 0 Å². The molecule has 15 heteroatoms. The smallest absolute Gasteiger partial charge is 0.309 e. The molecule has 7 aromatic rings. The zero-order chi connectivity index (χ0) is 36.1. The molecule has 0 fully saturated rings. The maximum absolute atomic E-state index is 14.6. The van der Waals surface area contributed by atoms with Crippen LogP contribution >= 0.6 is 0 Å². The molecule has 7 rings (SSSR count). The quantitative estimate of drug-likeness (QED) is 0.165. The Bertz CT molecular complexity index is 2550. The number of benzene rings is 5. The minimum Gasteiger partial charge on any atom is -0.309 e. The number of alkyl halides is 12. The summed E-state index contributed by atoms with van der Waals surface area (Å²) in [6.07, 6.45) is -21.0. The van der Waals surface area contributed by atoms with Crippen LogP contribution in [0.3, 0.4) is 0 Å². The van der Waals surface area contributed by atoms with E-state index < -0.39 is 63.9 Å². The first-order chi connectivity index (χ1) is 23.3. The van der Waals surface area contributed by atoms with E-state index in [1.165, 1.54) is 66.7 Å². The summed E-state index contributed by atoms with van der Waals surface area (Å²) in [5, 5.41) is 10.7. The lowest BCUT2D eigenvalue weighted by Gasteiger charge is -2.20. The molecule has 0 spiro atoms. The van der Waals surface area contributed by atoms with Crippen molar-refractivity contribution in [3.05, 3.63) is 119 Å². The van der Waals surface area contributed by atoms with Gasteiger partial charge in [0.1, 0.15) is 6.07 Å². The first kappa shape index (κ1) is 32.9. The van der Waals surface area contributed by atoms with Gasteiger partial charge in [-0.3, -0.25) is 0 Å². The molecule has 0 atom stereocenters. The monoisotopic (exact) mass is 705 g/mol. The van der Waals surface area contributed by atoms with Gasteiger partial charge in [-0.15, -0.1) is 0 Å². The Labute approximate surface area is 271 Å². The molecule has 0 unspecified atom stereocenters. The molecule has 2 heterocycles. The van der Waals surface area contributed by atoms with E-state index in [1.807, 2.05) is 0 Å². The van der Waals surface area contributed by atoms with Crippen LogP contribution in [0.4, 0.5) is 52.7 Å². The average Bonchev–Trinajstić information content (AvgIpc) is 3.53. The van der Waals surface area contributed by atoms with E-state index >= 15 is 0 Å². The van der Waals surface area contributed by atoms with Crippen molar-refractivity contribution in [3.8, 4) is 17.4 Å². The summed E-state index contributed by atoms with van der Waals surface area (Å²) in [5.74, 6) is 0. The van der Waals surface area contributed by atoms with Crippen LogP contribution in [0.15, 0.2) is 91.0 Å². The van der Waals surface area contributed by atoms with Crippen molar-refractivity contribution >= 4 is 43.6 Å².